The minimum atomic E-state index is -1.36. The van der Waals surface area contributed by atoms with Gasteiger partial charge in [0.25, 0.3) is 0 Å². The highest BCUT2D eigenvalue weighted by molar-refractivity contribution is 6.88. The summed E-state index contributed by atoms with van der Waals surface area (Å²) < 4.78 is 0. The van der Waals surface area contributed by atoms with Gasteiger partial charge in [0.05, 0.1) is 8.07 Å². The monoisotopic (exact) mass is 592 g/mol. The third kappa shape index (κ3) is 4.85. The summed E-state index contributed by atoms with van der Waals surface area (Å²) in [4.78, 5) is 0. The minimum Gasteiger partial charge on any atom is -0.0656 e. The van der Waals surface area contributed by atoms with Crippen molar-refractivity contribution in [1.82, 2.24) is 0 Å². The number of rotatable bonds is 4. The molecule has 0 radical (unpaired) electrons. The quantitative estimate of drug-likeness (QED) is 0.141. The topological polar surface area (TPSA) is 0 Å². The lowest BCUT2D eigenvalue weighted by molar-refractivity contribution is 1.51. The van der Waals surface area contributed by atoms with E-state index in [1.165, 1.54) is 87.2 Å². The minimum absolute atomic E-state index is 1.24. The molecule has 1 heteroatoms. The van der Waals surface area contributed by atoms with Crippen molar-refractivity contribution in [2.45, 2.75) is 26.6 Å². The van der Waals surface area contributed by atoms with E-state index < -0.39 is 8.07 Å². The lowest BCUT2D eigenvalue weighted by atomic mass is 9.85. The molecule has 216 valence electrons. The molecule has 8 rings (SSSR count). The fourth-order valence-electron chi connectivity index (χ4n) is 7.02. The molecule has 0 atom stereocenters. The number of hydrogen-bond donors (Lipinski definition) is 0. The van der Waals surface area contributed by atoms with Gasteiger partial charge in [-0.3, -0.25) is 0 Å². The number of hydrogen-bond acceptors (Lipinski definition) is 0. The van der Waals surface area contributed by atoms with Crippen LogP contribution in [0.4, 0.5) is 0 Å². The maximum Gasteiger partial charge on any atom is 0.0776 e. The molecule has 0 bridgehead atoms. The van der Waals surface area contributed by atoms with Crippen molar-refractivity contribution in [3.8, 4) is 33.4 Å². The largest absolute Gasteiger partial charge is 0.0776 e. The molecular formula is C44H36Si. The van der Waals surface area contributed by atoms with Crippen LogP contribution < -0.4 is 5.19 Å². The molecule has 8 aromatic carbocycles. The van der Waals surface area contributed by atoms with E-state index in [4.69, 9.17) is 0 Å². The molecule has 0 fully saturated rings. The predicted octanol–water partition coefficient (Wildman–Crippen LogP) is 12.2. The molecule has 0 saturated heterocycles. The summed E-state index contributed by atoms with van der Waals surface area (Å²) >= 11 is 0. The van der Waals surface area contributed by atoms with Crippen LogP contribution in [0.3, 0.4) is 0 Å². The third-order valence-electron chi connectivity index (χ3n) is 9.41. The van der Waals surface area contributed by atoms with Crippen molar-refractivity contribution in [3.63, 3.8) is 0 Å². The van der Waals surface area contributed by atoms with Gasteiger partial charge in [0.15, 0.2) is 0 Å². The zero-order valence-electron chi connectivity index (χ0n) is 26.4. The molecule has 0 aliphatic carbocycles. The summed E-state index contributed by atoms with van der Waals surface area (Å²) in [7, 11) is -1.36. The van der Waals surface area contributed by atoms with Crippen molar-refractivity contribution in [1.29, 1.82) is 0 Å². The van der Waals surface area contributed by atoms with Gasteiger partial charge in [-0.15, -0.1) is 0 Å². The van der Waals surface area contributed by atoms with Crippen LogP contribution >= 0.6 is 0 Å². The molecule has 0 amide bonds. The number of benzene rings is 8. The standard InChI is InChI=1S/C44H36Si/c1-29-16-17-32-27-37(21-20-31(32)24-29)44-41-14-7-5-12-39(41)43(40-13-6-8-15-42(40)44)36-11-9-10-30(26-36)33-18-19-35-28-38(45(2,3)4)23-22-34(35)25-33/h5-28H,1-4H3. The van der Waals surface area contributed by atoms with Crippen LogP contribution in [0.15, 0.2) is 146 Å². The fourth-order valence-corrected chi connectivity index (χ4v) is 8.19. The maximum absolute atomic E-state index is 2.41. The molecule has 0 nitrogen and oxygen atoms in total. The van der Waals surface area contributed by atoms with Crippen LogP contribution in [-0.4, -0.2) is 8.07 Å². The van der Waals surface area contributed by atoms with Crippen LogP contribution in [-0.2, 0) is 0 Å². The Hall–Kier alpha value is -4.98. The Morgan fingerprint density at radius 3 is 1.42 bits per heavy atom. The van der Waals surface area contributed by atoms with Gasteiger partial charge in [0.2, 0.25) is 0 Å². The highest BCUT2D eigenvalue weighted by Crippen LogP contribution is 2.44. The molecule has 0 spiro atoms. The van der Waals surface area contributed by atoms with Crippen molar-refractivity contribution in [2.75, 3.05) is 0 Å². The fraction of sp³-hybridized carbons (Fsp3) is 0.0909. The first-order valence-corrected chi connectivity index (χ1v) is 19.4. The normalized spacial score (nSPS) is 12.0. The van der Waals surface area contributed by atoms with Gasteiger partial charge in [-0.05, 0) is 102 Å². The van der Waals surface area contributed by atoms with E-state index >= 15 is 0 Å². The second kappa shape index (κ2) is 10.6. The second-order valence-electron chi connectivity index (χ2n) is 13.5. The Bertz CT molecular complexity index is 2370. The second-order valence-corrected chi connectivity index (χ2v) is 18.6. The van der Waals surface area contributed by atoms with E-state index in [2.05, 4.69) is 172 Å². The van der Waals surface area contributed by atoms with Gasteiger partial charge < -0.3 is 0 Å². The Morgan fingerprint density at radius 2 is 0.800 bits per heavy atom. The molecule has 0 heterocycles. The number of fused-ring (bicyclic) bond motifs is 4. The van der Waals surface area contributed by atoms with Gasteiger partial charge in [0.1, 0.15) is 0 Å². The molecule has 0 aliphatic rings. The SMILES string of the molecule is Cc1ccc2cc(-c3c4ccccc4c(-c4cccc(-c5ccc6cc([Si](C)(C)C)ccc6c5)c4)c4ccccc34)ccc2c1. The molecule has 0 N–H and O–H groups in total. The molecule has 0 saturated carbocycles. The smallest absolute Gasteiger partial charge is 0.0656 e. The number of aryl methyl sites for hydroxylation is 1. The predicted molar refractivity (Wildman–Crippen MR) is 200 cm³/mol. The summed E-state index contributed by atoms with van der Waals surface area (Å²) in [6.07, 6.45) is 0. The van der Waals surface area contributed by atoms with Gasteiger partial charge in [-0.2, -0.15) is 0 Å². The van der Waals surface area contributed by atoms with Crippen LogP contribution in [0.5, 0.6) is 0 Å². The summed E-state index contributed by atoms with van der Waals surface area (Å²) in [5, 5.41) is 11.8. The van der Waals surface area contributed by atoms with E-state index in [1.807, 2.05) is 0 Å². The third-order valence-corrected chi connectivity index (χ3v) is 11.4. The van der Waals surface area contributed by atoms with Gasteiger partial charge in [-0.1, -0.05) is 158 Å². The lowest BCUT2D eigenvalue weighted by Gasteiger charge is -2.19. The van der Waals surface area contributed by atoms with E-state index in [1.54, 1.807) is 0 Å². The van der Waals surface area contributed by atoms with Crippen LogP contribution in [0, 0.1) is 6.92 Å². The average Bonchev–Trinajstić information content (AvgIpc) is 3.06. The Morgan fingerprint density at radius 1 is 0.356 bits per heavy atom. The first kappa shape index (κ1) is 27.6. The summed E-state index contributed by atoms with van der Waals surface area (Å²) in [6.45, 7) is 9.40. The first-order valence-electron chi connectivity index (χ1n) is 15.9. The zero-order chi connectivity index (χ0) is 30.7. The Labute approximate surface area is 266 Å². The summed E-state index contributed by atoms with van der Waals surface area (Å²) in [5.41, 5.74) is 8.88. The van der Waals surface area contributed by atoms with Crippen molar-refractivity contribution >= 4 is 56.4 Å². The van der Waals surface area contributed by atoms with Crippen molar-refractivity contribution in [3.05, 3.63) is 151 Å². The van der Waals surface area contributed by atoms with Gasteiger partial charge in [-0.25, -0.2) is 0 Å². The lowest BCUT2D eigenvalue weighted by Crippen LogP contribution is -2.37. The molecular weight excluding hydrogens is 557 g/mol. The van der Waals surface area contributed by atoms with Crippen LogP contribution in [0.25, 0.3) is 76.5 Å². The molecule has 8 aromatic rings. The summed E-state index contributed by atoms with van der Waals surface area (Å²) in [6, 6.07) is 54.6. The van der Waals surface area contributed by atoms with Crippen molar-refractivity contribution in [2.24, 2.45) is 0 Å². The van der Waals surface area contributed by atoms with E-state index in [-0.39, 0.29) is 0 Å². The molecule has 45 heavy (non-hydrogen) atoms. The van der Waals surface area contributed by atoms with Gasteiger partial charge >= 0.3 is 0 Å². The molecule has 0 aromatic heterocycles. The zero-order valence-corrected chi connectivity index (χ0v) is 27.4. The Kier molecular flexibility index (Phi) is 6.48. The van der Waals surface area contributed by atoms with E-state index in [0.717, 1.165) is 0 Å². The maximum atomic E-state index is 2.41. The molecule has 0 aliphatic heterocycles. The average molecular weight is 593 g/mol. The highest BCUT2D eigenvalue weighted by Gasteiger charge is 2.18. The van der Waals surface area contributed by atoms with Crippen LogP contribution in [0.1, 0.15) is 5.56 Å². The molecule has 0 unspecified atom stereocenters. The highest BCUT2D eigenvalue weighted by atomic mass is 28.3. The van der Waals surface area contributed by atoms with E-state index in [0.29, 0.717) is 0 Å². The van der Waals surface area contributed by atoms with E-state index in [9.17, 15) is 0 Å². The van der Waals surface area contributed by atoms with Crippen LogP contribution in [0.2, 0.25) is 19.6 Å². The Balaban J connectivity index is 1.32. The van der Waals surface area contributed by atoms with Crippen molar-refractivity contribution < 1.29 is 0 Å². The first-order chi connectivity index (χ1) is 21.8. The summed E-state index contributed by atoms with van der Waals surface area (Å²) in [5.74, 6) is 0. The van der Waals surface area contributed by atoms with Gasteiger partial charge in [0, 0.05) is 0 Å².